The monoisotopic (exact) mass is 306 g/mol. The van der Waals surface area contributed by atoms with Crippen molar-refractivity contribution >= 4 is 21.9 Å². The fourth-order valence-corrected chi connectivity index (χ4v) is 3.08. The minimum atomic E-state index is -3.35. The third kappa shape index (κ3) is 4.45. The number of sulfonamides is 1. The quantitative estimate of drug-likeness (QED) is 0.712. The van der Waals surface area contributed by atoms with Crippen molar-refractivity contribution in [3.05, 3.63) is 0 Å². The number of carbonyl (C=O) groups is 2. The van der Waals surface area contributed by atoms with Crippen LogP contribution in [0.2, 0.25) is 0 Å². The number of carbonyl (C=O) groups excluding carboxylic acids is 1. The Morgan fingerprint density at radius 3 is 2.25 bits per heavy atom. The summed E-state index contributed by atoms with van der Waals surface area (Å²) in [7, 11) is -0.494. The van der Waals surface area contributed by atoms with Gasteiger partial charge in [-0.2, -0.15) is 0 Å². The Kier molecular flexibility index (Phi) is 5.94. The summed E-state index contributed by atoms with van der Waals surface area (Å²) < 4.78 is 24.2. The van der Waals surface area contributed by atoms with Crippen molar-refractivity contribution in [1.82, 2.24) is 9.62 Å². The van der Waals surface area contributed by atoms with E-state index in [2.05, 4.69) is 5.32 Å². The summed E-state index contributed by atoms with van der Waals surface area (Å²) in [5.74, 6) is -2.70. The van der Waals surface area contributed by atoms with Gasteiger partial charge in [0.2, 0.25) is 15.9 Å². The molecule has 1 rings (SSSR count). The molecule has 0 saturated heterocycles. The topological polar surface area (TPSA) is 104 Å². The van der Waals surface area contributed by atoms with Crippen molar-refractivity contribution in [2.75, 3.05) is 26.4 Å². The number of rotatable bonds is 6. The molecule has 0 radical (unpaired) electrons. The fourth-order valence-electron chi connectivity index (χ4n) is 2.36. The molecular formula is C12H22N2O5S. The van der Waals surface area contributed by atoms with E-state index < -0.39 is 27.8 Å². The van der Waals surface area contributed by atoms with Gasteiger partial charge in [0.05, 0.1) is 17.6 Å². The highest BCUT2D eigenvalue weighted by molar-refractivity contribution is 7.89. The predicted octanol–water partition coefficient (Wildman–Crippen LogP) is -0.115. The first-order valence-electron chi connectivity index (χ1n) is 6.66. The van der Waals surface area contributed by atoms with Crippen LogP contribution in [0.4, 0.5) is 0 Å². The first-order valence-corrected chi connectivity index (χ1v) is 8.27. The van der Waals surface area contributed by atoms with Gasteiger partial charge in [-0.25, -0.2) is 12.7 Å². The van der Waals surface area contributed by atoms with Crippen LogP contribution in [0.25, 0.3) is 0 Å². The number of carboxylic acids is 1. The standard InChI is InChI=1S/C12H22N2O5S/c1-14(2)20(18,19)8-7-13-11(15)9-5-3-4-6-10(9)12(16)17/h9-10H,3-8H2,1-2H3,(H,13,15)(H,16,17). The van der Waals surface area contributed by atoms with Crippen molar-refractivity contribution in [1.29, 1.82) is 0 Å². The third-order valence-corrected chi connectivity index (χ3v) is 5.47. The Labute approximate surface area is 119 Å². The molecule has 2 N–H and O–H groups in total. The van der Waals surface area contributed by atoms with E-state index in [9.17, 15) is 18.0 Å². The van der Waals surface area contributed by atoms with Gasteiger partial charge in [-0.3, -0.25) is 9.59 Å². The average Bonchev–Trinajstić information content (AvgIpc) is 2.38. The van der Waals surface area contributed by atoms with Gasteiger partial charge < -0.3 is 10.4 Å². The summed E-state index contributed by atoms with van der Waals surface area (Å²) in [6, 6.07) is 0. The number of hydrogen-bond donors (Lipinski definition) is 2. The minimum absolute atomic E-state index is 0.00217. The summed E-state index contributed by atoms with van der Waals surface area (Å²) in [5, 5.41) is 11.6. The molecule has 0 aromatic rings. The lowest BCUT2D eigenvalue weighted by atomic mass is 9.79. The zero-order valence-electron chi connectivity index (χ0n) is 11.8. The van der Waals surface area contributed by atoms with Crippen LogP contribution in [0.5, 0.6) is 0 Å². The molecule has 1 aliphatic carbocycles. The Hall–Kier alpha value is -1.15. The second-order valence-electron chi connectivity index (χ2n) is 5.23. The van der Waals surface area contributed by atoms with Gasteiger partial charge in [-0.15, -0.1) is 0 Å². The van der Waals surface area contributed by atoms with Crippen LogP contribution in [-0.2, 0) is 19.6 Å². The Morgan fingerprint density at radius 1 is 1.20 bits per heavy atom. The van der Waals surface area contributed by atoms with Crippen molar-refractivity contribution in [3.63, 3.8) is 0 Å². The molecule has 2 atom stereocenters. The molecule has 20 heavy (non-hydrogen) atoms. The number of hydrogen-bond acceptors (Lipinski definition) is 4. The molecule has 0 heterocycles. The smallest absolute Gasteiger partial charge is 0.307 e. The van der Waals surface area contributed by atoms with Crippen LogP contribution in [0.1, 0.15) is 25.7 Å². The van der Waals surface area contributed by atoms with E-state index in [1.165, 1.54) is 14.1 Å². The van der Waals surface area contributed by atoms with Gasteiger partial charge in [0, 0.05) is 20.6 Å². The molecule has 0 bridgehead atoms. The lowest BCUT2D eigenvalue weighted by molar-refractivity contribution is -0.148. The molecule has 2 unspecified atom stereocenters. The number of nitrogens with zero attached hydrogens (tertiary/aromatic N) is 1. The van der Waals surface area contributed by atoms with Crippen LogP contribution >= 0.6 is 0 Å². The van der Waals surface area contributed by atoms with Gasteiger partial charge in [-0.1, -0.05) is 12.8 Å². The van der Waals surface area contributed by atoms with Gasteiger partial charge >= 0.3 is 5.97 Å². The van der Waals surface area contributed by atoms with Crippen LogP contribution in [0, 0.1) is 11.8 Å². The lowest BCUT2D eigenvalue weighted by Gasteiger charge is -2.27. The molecule has 116 valence electrons. The molecule has 1 fully saturated rings. The van der Waals surface area contributed by atoms with Crippen LogP contribution in [0.15, 0.2) is 0 Å². The Morgan fingerprint density at radius 2 is 1.75 bits per heavy atom. The van der Waals surface area contributed by atoms with Crippen LogP contribution in [0.3, 0.4) is 0 Å². The molecule has 7 nitrogen and oxygen atoms in total. The summed E-state index contributed by atoms with van der Waals surface area (Å²) in [6.45, 7) is 0.00217. The normalized spacial score (nSPS) is 23.6. The molecule has 8 heteroatoms. The van der Waals surface area contributed by atoms with E-state index in [1.54, 1.807) is 0 Å². The van der Waals surface area contributed by atoms with E-state index in [0.717, 1.165) is 17.1 Å². The number of nitrogens with one attached hydrogen (secondary N) is 1. The first kappa shape index (κ1) is 16.9. The highest BCUT2D eigenvalue weighted by Crippen LogP contribution is 2.30. The first-order chi connectivity index (χ1) is 9.25. The van der Waals surface area contributed by atoms with Crippen molar-refractivity contribution in [3.8, 4) is 0 Å². The van der Waals surface area contributed by atoms with Gasteiger partial charge in [0.25, 0.3) is 0 Å². The molecular weight excluding hydrogens is 284 g/mol. The highest BCUT2D eigenvalue weighted by atomic mass is 32.2. The van der Waals surface area contributed by atoms with Crippen molar-refractivity contribution < 1.29 is 23.1 Å². The van der Waals surface area contributed by atoms with E-state index in [4.69, 9.17) is 5.11 Å². The third-order valence-electron chi connectivity index (χ3n) is 3.64. The maximum absolute atomic E-state index is 12.0. The van der Waals surface area contributed by atoms with Gasteiger partial charge in [0.15, 0.2) is 0 Å². The summed E-state index contributed by atoms with van der Waals surface area (Å²) >= 11 is 0. The molecule has 1 aliphatic rings. The van der Waals surface area contributed by atoms with E-state index in [-0.39, 0.29) is 18.2 Å². The van der Waals surface area contributed by atoms with Gasteiger partial charge in [0.1, 0.15) is 0 Å². The van der Waals surface area contributed by atoms with E-state index >= 15 is 0 Å². The van der Waals surface area contributed by atoms with Crippen molar-refractivity contribution in [2.24, 2.45) is 11.8 Å². The lowest BCUT2D eigenvalue weighted by Crippen LogP contribution is -2.42. The zero-order chi connectivity index (χ0) is 15.3. The number of aliphatic carboxylic acids is 1. The SMILES string of the molecule is CN(C)S(=O)(=O)CCNC(=O)C1CCCCC1C(=O)O. The second kappa shape index (κ2) is 7.03. The number of carboxylic acid groups (broad SMARTS) is 1. The summed E-state index contributed by atoms with van der Waals surface area (Å²) in [6.07, 6.45) is 2.69. The predicted molar refractivity (Wildman–Crippen MR) is 73.6 cm³/mol. The fraction of sp³-hybridized carbons (Fsp3) is 0.833. The Balaban J connectivity index is 2.51. The highest BCUT2D eigenvalue weighted by Gasteiger charge is 2.35. The Bertz CT molecular complexity index is 460. The molecule has 1 amide bonds. The summed E-state index contributed by atoms with van der Waals surface area (Å²) in [5.41, 5.74) is 0. The van der Waals surface area contributed by atoms with Gasteiger partial charge in [-0.05, 0) is 12.8 Å². The maximum Gasteiger partial charge on any atom is 0.307 e. The summed E-state index contributed by atoms with van der Waals surface area (Å²) in [4.78, 5) is 23.1. The molecule has 0 spiro atoms. The molecule has 1 saturated carbocycles. The second-order valence-corrected chi connectivity index (χ2v) is 7.53. The minimum Gasteiger partial charge on any atom is -0.481 e. The van der Waals surface area contributed by atoms with E-state index in [0.29, 0.717) is 12.8 Å². The van der Waals surface area contributed by atoms with E-state index in [1.807, 2.05) is 0 Å². The molecule has 0 aliphatic heterocycles. The van der Waals surface area contributed by atoms with Crippen LogP contribution in [-0.4, -0.2) is 56.1 Å². The van der Waals surface area contributed by atoms with Crippen LogP contribution < -0.4 is 5.32 Å². The number of amides is 1. The molecule has 0 aromatic heterocycles. The molecule has 0 aromatic carbocycles. The largest absolute Gasteiger partial charge is 0.481 e. The van der Waals surface area contributed by atoms with Crippen molar-refractivity contribution in [2.45, 2.75) is 25.7 Å². The zero-order valence-corrected chi connectivity index (χ0v) is 12.6. The average molecular weight is 306 g/mol. The maximum atomic E-state index is 12.0.